The molecule has 26 heavy (non-hydrogen) atoms. The van der Waals surface area contributed by atoms with E-state index in [1.54, 1.807) is 23.0 Å². The largest absolute Gasteiger partial charge is 0.351 e. The minimum Gasteiger partial charge on any atom is -0.351 e. The standard InChI is InChI=1S/C19H18FN5O/c1-13-10-25(12-24-13)18-21-8-14(9-22-18)17(26)23-11-19(6-7-19)15-2-4-16(20)5-3-15/h2-5,8-10,12H,6-7,11H2,1H3,(H,23,26). The lowest BCUT2D eigenvalue weighted by molar-refractivity contribution is 0.0949. The highest BCUT2D eigenvalue weighted by molar-refractivity contribution is 5.93. The van der Waals surface area contributed by atoms with Crippen molar-refractivity contribution < 1.29 is 9.18 Å². The van der Waals surface area contributed by atoms with Crippen molar-refractivity contribution in [2.45, 2.75) is 25.2 Å². The summed E-state index contributed by atoms with van der Waals surface area (Å²) >= 11 is 0. The Hall–Kier alpha value is -3.09. The first-order valence-corrected chi connectivity index (χ1v) is 8.43. The molecule has 4 rings (SSSR count). The molecular weight excluding hydrogens is 333 g/mol. The minimum atomic E-state index is -0.251. The topological polar surface area (TPSA) is 72.7 Å². The van der Waals surface area contributed by atoms with Crippen LogP contribution in [-0.2, 0) is 5.41 Å². The van der Waals surface area contributed by atoms with Gasteiger partial charge < -0.3 is 5.32 Å². The summed E-state index contributed by atoms with van der Waals surface area (Å²) in [5.41, 5.74) is 2.24. The van der Waals surface area contributed by atoms with Gasteiger partial charge in [-0.05, 0) is 37.5 Å². The molecule has 2 heterocycles. The van der Waals surface area contributed by atoms with E-state index in [1.807, 2.05) is 13.1 Å². The third-order valence-electron chi connectivity index (χ3n) is 4.74. The summed E-state index contributed by atoms with van der Waals surface area (Å²) in [7, 11) is 0. The van der Waals surface area contributed by atoms with Crippen molar-refractivity contribution in [1.29, 1.82) is 0 Å². The summed E-state index contributed by atoms with van der Waals surface area (Å²) < 4.78 is 14.8. The number of nitrogens with one attached hydrogen (secondary N) is 1. The maximum absolute atomic E-state index is 13.1. The van der Waals surface area contributed by atoms with E-state index >= 15 is 0 Å². The van der Waals surface area contributed by atoms with Crippen molar-refractivity contribution in [3.63, 3.8) is 0 Å². The van der Waals surface area contributed by atoms with Gasteiger partial charge in [-0.15, -0.1) is 0 Å². The second-order valence-electron chi connectivity index (χ2n) is 6.66. The monoisotopic (exact) mass is 351 g/mol. The van der Waals surface area contributed by atoms with Crippen LogP contribution in [0.3, 0.4) is 0 Å². The first-order valence-electron chi connectivity index (χ1n) is 8.43. The van der Waals surface area contributed by atoms with Gasteiger partial charge >= 0.3 is 0 Å². The SMILES string of the molecule is Cc1cn(-c2ncc(C(=O)NCC3(c4ccc(F)cc4)CC3)cn2)cn1. The number of amides is 1. The Labute approximate surface area is 150 Å². The van der Waals surface area contributed by atoms with Crippen LogP contribution in [-0.4, -0.2) is 32.0 Å². The molecule has 132 valence electrons. The van der Waals surface area contributed by atoms with E-state index in [2.05, 4.69) is 20.3 Å². The van der Waals surface area contributed by atoms with Gasteiger partial charge in [0, 0.05) is 30.6 Å². The van der Waals surface area contributed by atoms with Crippen molar-refractivity contribution >= 4 is 5.91 Å². The zero-order valence-electron chi connectivity index (χ0n) is 14.3. The third-order valence-corrected chi connectivity index (χ3v) is 4.74. The fourth-order valence-corrected chi connectivity index (χ4v) is 2.98. The van der Waals surface area contributed by atoms with Crippen molar-refractivity contribution in [1.82, 2.24) is 24.8 Å². The zero-order chi connectivity index (χ0) is 18.1. The average Bonchev–Trinajstić information content (AvgIpc) is 3.33. The van der Waals surface area contributed by atoms with E-state index in [-0.39, 0.29) is 17.1 Å². The van der Waals surface area contributed by atoms with Gasteiger partial charge in [0.25, 0.3) is 5.91 Å². The Bertz CT molecular complexity index is 929. The van der Waals surface area contributed by atoms with Crippen LogP contribution in [0.25, 0.3) is 5.95 Å². The first kappa shape index (κ1) is 16.4. The third kappa shape index (κ3) is 3.20. The van der Waals surface area contributed by atoms with Crippen molar-refractivity contribution in [2.24, 2.45) is 0 Å². The molecule has 1 aliphatic carbocycles. The molecule has 6 nitrogen and oxygen atoms in total. The van der Waals surface area contributed by atoms with Crippen LogP contribution < -0.4 is 5.32 Å². The number of hydrogen-bond donors (Lipinski definition) is 1. The number of rotatable bonds is 5. The van der Waals surface area contributed by atoms with Crippen molar-refractivity contribution in [3.05, 3.63) is 71.8 Å². The molecule has 0 unspecified atom stereocenters. The molecule has 1 aliphatic rings. The van der Waals surface area contributed by atoms with E-state index in [9.17, 15) is 9.18 Å². The summed E-state index contributed by atoms with van der Waals surface area (Å²) in [6, 6.07) is 6.50. The molecule has 1 amide bonds. The second kappa shape index (κ2) is 6.33. The molecule has 1 N–H and O–H groups in total. The Morgan fingerprint density at radius 2 is 1.88 bits per heavy atom. The lowest BCUT2D eigenvalue weighted by Crippen LogP contribution is -2.32. The second-order valence-corrected chi connectivity index (χ2v) is 6.66. The maximum Gasteiger partial charge on any atom is 0.254 e. The number of hydrogen-bond acceptors (Lipinski definition) is 4. The van der Waals surface area contributed by atoms with Crippen molar-refractivity contribution in [3.8, 4) is 5.95 Å². The van der Waals surface area contributed by atoms with Crippen LogP contribution in [0.4, 0.5) is 4.39 Å². The summed E-state index contributed by atoms with van der Waals surface area (Å²) in [5, 5.41) is 2.95. The number of nitrogens with zero attached hydrogens (tertiary/aromatic N) is 4. The lowest BCUT2D eigenvalue weighted by Gasteiger charge is -2.16. The Morgan fingerprint density at radius 1 is 1.19 bits per heavy atom. The predicted molar refractivity (Wildman–Crippen MR) is 93.5 cm³/mol. The molecule has 0 aliphatic heterocycles. The number of imidazole rings is 1. The summed E-state index contributed by atoms with van der Waals surface area (Å²) in [5.74, 6) is -0.00205. The normalized spacial score (nSPS) is 14.8. The molecule has 7 heteroatoms. The first-order chi connectivity index (χ1) is 12.6. The van der Waals surface area contributed by atoms with Crippen LogP contribution in [0.15, 0.2) is 49.2 Å². The van der Waals surface area contributed by atoms with Gasteiger partial charge in [-0.25, -0.2) is 19.3 Å². The van der Waals surface area contributed by atoms with E-state index in [0.717, 1.165) is 24.1 Å². The Balaban J connectivity index is 1.41. The molecule has 0 radical (unpaired) electrons. The molecule has 0 spiro atoms. The van der Waals surface area contributed by atoms with E-state index in [1.165, 1.54) is 24.5 Å². The van der Waals surface area contributed by atoms with Crippen LogP contribution in [0.5, 0.6) is 0 Å². The molecule has 1 saturated carbocycles. The molecule has 3 aromatic rings. The van der Waals surface area contributed by atoms with Gasteiger partial charge in [0.05, 0.1) is 11.3 Å². The fraction of sp³-hybridized carbons (Fsp3) is 0.263. The number of aromatic nitrogens is 4. The summed E-state index contributed by atoms with van der Waals surface area (Å²) in [6.07, 6.45) is 8.41. The smallest absolute Gasteiger partial charge is 0.254 e. The van der Waals surface area contributed by atoms with Gasteiger partial charge in [0.2, 0.25) is 5.95 Å². The van der Waals surface area contributed by atoms with Crippen LogP contribution in [0.2, 0.25) is 0 Å². The summed E-state index contributed by atoms with van der Waals surface area (Å²) in [4.78, 5) is 25.0. The van der Waals surface area contributed by atoms with E-state index in [4.69, 9.17) is 0 Å². The summed E-state index contributed by atoms with van der Waals surface area (Å²) in [6.45, 7) is 2.40. The van der Waals surface area contributed by atoms with Gasteiger partial charge in [-0.3, -0.25) is 9.36 Å². The van der Waals surface area contributed by atoms with Crippen LogP contribution in [0, 0.1) is 12.7 Å². The predicted octanol–water partition coefficient (Wildman–Crippen LogP) is 2.57. The molecule has 1 aromatic carbocycles. The fourth-order valence-electron chi connectivity index (χ4n) is 2.98. The molecular formula is C19H18FN5O. The van der Waals surface area contributed by atoms with Gasteiger partial charge in [-0.2, -0.15) is 0 Å². The van der Waals surface area contributed by atoms with Gasteiger partial charge in [0.1, 0.15) is 12.1 Å². The van der Waals surface area contributed by atoms with Crippen LogP contribution >= 0.6 is 0 Å². The quantitative estimate of drug-likeness (QED) is 0.767. The molecule has 0 bridgehead atoms. The van der Waals surface area contributed by atoms with Crippen molar-refractivity contribution in [2.75, 3.05) is 6.54 Å². The number of carbonyl (C=O) groups is 1. The molecule has 1 fully saturated rings. The number of benzene rings is 1. The average molecular weight is 351 g/mol. The molecule has 0 saturated heterocycles. The maximum atomic E-state index is 13.1. The minimum absolute atomic E-state index is 0.0848. The van der Waals surface area contributed by atoms with Gasteiger partial charge in [-0.1, -0.05) is 12.1 Å². The lowest BCUT2D eigenvalue weighted by atomic mass is 9.96. The van der Waals surface area contributed by atoms with E-state index in [0.29, 0.717) is 18.1 Å². The molecule has 0 atom stereocenters. The number of aryl methyl sites for hydroxylation is 1. The highest BCUT2D eigenvalue weighted by Crippen LogP contribution is 2.47. The molecule has 2 aromatic heterocycles. The number of carbonyl (C=O) groups excluding carboxylic acids is 1. The van der Waals surface area contributed by atoms with Crippen LogP contribution in [0.1, 0.15) is 34.5 Å². The van der Waals surface area contributed by atoms with Gasteiger partial charge in [0.15, 0.2) is 0 Å². The number of halogens is 1. The zero-order valence-corrected chi connectivity index (χ0v) is 14.3. The highest BCUT2D eigenvalue weighted by Gasteiger charge is 2.44. The van der Waals surface area contributed by atoms with E-state index < -0.39 is 0 Å². The Morgan fingerprint density at radius 3 is 2.46 bits per heavy atom. The Kier molecular flexibility index (Phi) is 3.99. The highest BCUT2D eigenvalue weighted by atomic mass is 19.1.